The summed E-state index contributed by atoms with van der Waals surface area (Å²) in [4.78, 5) is 0. The quantitative estimate of drug-likeness (QED) is 0.676. The van der Waals surface area contributed by atoms with Crippen LogP contribution in [0.4, 0.5) is 0 Å². The summed E-state index contributed by atoms with van der Waals surface area (Å²) in [6, 6.07) is 0.813. The molecule has 2 fully saturated rings. The summed E-state index contributed by atoms with van der Waals surface area (Å²) in [5.41, 5.74) is 0. The molecule has 1 nitrogen and oxygen atoms in total. The second-order valence-electron chi connectivity index (χ2n) is 8.26. The number of nitrogens with one attached hydrogen (secondary N) is 1. The van der Waals surface area contributed by atoms with Gasteiger partial charge in [0.1, 0.15) is 0 Å². The second-order valence-corrected chi connectivity index (χ2v) is 8.26. The molecule has 1 N–H and O–H groups in total. The lowest BCUT2D eigenvalue weighted by atomic mass is 9.69. The molecular formula is C20H39N. The lowest BCUT2D eigenvalue weighted by Crippen LogP contribution is -2.45. The topological polar surface area (TPSA) is 12.0 Å². The summed E-state index contributed by atoms with van der Waals surface area (Å²) >= 11 is 0. The smallest absolute Gasteiger partial charge is 0.0124 e. The molecule has 0 aliphatic heterocycles. The van der Waals surface area contributed by atoms with Crippen LogP contribution in [-0.4, -0.2) is 12.6 Å². The Morgan fingerprint density at radius 3 is 1.95 bits per heavy atom. The van der Waals surface area contributed by atoms with E-state index >= 15 is 0 Å². The van der Waals surface area contributed by atoms with Crippen LogP contribution in [-0.2, 0) is 0 Å². The summed E-state index contributed by atoms with van der Waals surface area (Å²) in [6.45, 7) is 8.50. The van der Waals surface area contributed by atoms with Gasteiger partial charge >= 0.3 is 0 Å². The molecule has 0 aromatic rings. The largest absolute Gasteiger partial charge is 0.313 e. The minimum Gasteiger partial charge on any atom is -0.313 e. The van der Waals surface area contributed by atoms with Crippen LogP contribution >= 0.6 is 0 Å². The van der Waals surface area contributed by atoms with Gasteiger partial charge in [-0.1, -0.05) is 52.9 Å². The molecule has 0 radical (unpaired) electrons. The Kier molecular flexibility index (Phi) is 7.57. The SMILES string of the molecule is CCCNC(C1CCCCCCC1)C1CC(C)CC(C)C1. The van der Waals surface area contributed by atoms with Crippen molar-refractivity contribution in [1.29, 1.82) is 0 Å². The van der Waals surface area contributed by atoms with Crippen molar-refractivity contribution >= 4 is 0 Å². The minimum absolute atomic E-state index is 0.813. The Bertz CT molecular complexity index is 257. The average molecular weight is 294 g/mol. The van der Waals surface area contributed by atoms with Crippen molar-refractivity contribution in [1.82, 2.24) is 5.32 Å². The third kappa shape index (κ3) is 5.58. The van der Waals surface area contributed by atoms with Gasteiger partial charge in [0.2, 0.25) is 0 Å². The number of rotatable bonds is 5. The van der Waals surface area contributed by atoms with Crippen molar-refractivity contribution in [3.8, 4) is 0 Å². The highest BCUT2D eigenvalue weighted by molar-refractivity contribution is 4.88. The first-order chi connectivity index (χ1) is 10.2. The molecule has 3 unspecified atom stereocenters. The predicted molar refractivity (Wildman–Crippen MR) is 93.6 cm³/mol. The van der Waals surface area contributed by atoms with Crippen LogP contribution in [0.3, 0.4) is 0 Å². The number of hydrogen-bond donors (Lipinski definition) is 1. The first kappa shape index (κ1) is 17.3. The van der Waals surface area contributed by atoms with E-state index in [1.165, 1.54) is 77.2 Å². The van der Waals surface area contributed by atoms with Gasteiger partial charge in [-0.2, -0.15) is 0 Å². The van der Waals surface area contributed by atoms with Crippen LogP contribution in [0.15, 0.2) is 0 Å². The Morgan fingerprint density at radius 1 is 0.810 bits per heavy atom. The van der Waals surface area contributed by atoms with E-state index in [1.807, 2.05) is 0 Å². The fourth-order valence-electron chi connectivity index (χ4n) is 5.18. The third-order valence-electron chi connectivity index (χ3n) is 6.01. The van der Waals surface area contributed by atoms with Gasteiger partial charge in [0.05, 0.1) is 0 Å². The molecule has 0 spiro atoms. The van der Waals surface area contributed by atoms with Crippen molar-refractivity contribution in [2.75, 3.05) is 6.54 Å². The average Bonchev–Trinajstić information content (AvgIpc) is 2.39. The van der Waals surface area contributed by atoms with E-state index in [4.69, 9.17) is 0 Å². The summed E-state index contributed by atoms with van der Waals surface area (Å²) in [5.74, 6) is 3.79. The lowest BCUT2D eigenvalue weighted by molar-refractivity contribution is 0.130. The molecule has 2 aliphatic rings. The lowest BCUT2D eigenvalue weighted by Gasteiger charge is -2.41. The van der Waals surface area contributed by atoms with E-state index in [9.17, 15) is 0 Å². The molecule has 2 saturated carbocycles. The summed E-state index contributed by atoms with van der Waals surface area (Å²) in [6.07, 6.45) is 16.1. The molecule has 3 atom stereocenters. The molecule has 0 saturated heterocycles. The van der Waals surface area contributed by atoms with Crippen molar-refractivity contribution < 1.29 is 0 Å². The third-order valence-corrected chi connectivity index (χ3v) is 6.01. The number of hydrogen-bond acceptors (Lipinski definition) is 1. The van der Waals surface area contributed by atoms with Crippen molar-refractivity contribution in [3.63, 3.8) is 0 Å². The predicted octanol–water partition coefficient (Wildman–Crippen LogP) is 5.79. The van der Waals surface area contributed by atoms with Crippen LogP contribution in [0.5, 0.6) is 0 Å². The molecule has 124 valence electrons. The summed E-state index contributed by atoms with van der Waals surface area (Å²) in [7, 11) is 0. The zero-order chi connectivity index (χ0) is 15.1. The normalized spacial score (nSPS) is 34.1. The fraction of sp³-hybridized carbons (Fsp3) is 1.00. The van der Waals surface area contributed by atoms with Gasteiger partial charge in [-0.3, -0.25) is 0 Å². The standard InChI is InChI=1S/C20H39N/c1-4-12-21-20(18-10-8-6-5-7-9-11-18)19-14-16(2)13-17(3)15-19/h16-21H,4-15H2,1-3H3. The van der Waals surface area contributed by atoms with E-state index < -0.39 is 0 Å². The Balaban J connectivity index is 2.00. The molecule has 21 heavy (non-hydrogen) atoms. The van der Waals surface area contributed by atoms with E-state index in [1.54, 1.807) is 0 Å². The van der Waals surface area contributed by atoms with Gasteiger partial charge in [-0.15, -0.1) is 0 Å². The molecular weight excluding hydrogens is 254 g/mol. The van der Waals surface area contributed by atoms with E-state index in [2.05, 4.69) is 26.1 Å². The Labute approximate surface area is 133 Å². The first-order valence-electron chi connectivity index (χ1n) is 9.94. The minimum atomic E-state index is 0.813. The zero-order valence-corrected chi connectivity index (χ0v) is 14.9. The van der Waals surface area contributed by atoms with E-state index in [0.29, 0.717) is 0 Å². The Morgan fingerprint density at radius 2 is 1.38 bits per heavy atom. The molecule has 1 heteroatoms. The van der Waals surface area contributed by atoms with Crippen LogP contribution in [0.25, 0.3) is 0 Å². The van der Waals surface area contributed by atoms with Gasteiger partial charge in [-0.25, -0.2) is 0 Å². The highest BCUT2D eigenvalue weighted by Crippen LogP contribution is 2.39. The van der Waals surface area contributed by atoms with E-state index in [0.717, 1.165) is 29.7 Å². The van der Waals surface area contributed by atoms with Crippen LogP contribution in [0, 0.1) is 23.7 Å². The van der Waals surface area contributed by atoms with Gasteiger partial charge in [-0.05, 0) is 68.7 Å². The maximum atomic E-state index is 4.00. The second kappa shape index (κ2) is 9.18. The molecule has 0 aromatic carbocycles. The monoisotopic (exact) mass is 293 g/mol. The maximum absolute atomic E-state index is 4.00. The van der Waals surface area contributed by atoms with Crippen molar-refractivity contribution in [2.24, 2.45) is 23.7 Å². The summed E-state index contributed by atoms with van der Waals surface area (Å²) in [5, 5.41) is 4.00. The molecule has 0 aromatic heterocycles. The van der Waals surface area contributed by atoms with Gasteiger partial charge in [0, 0.05) is 6.04 Å². The fourth-order valence-corrected chi connectivity index (χ4v) is 5.18. The molecule has 0 heterocycles. The molecule has 2 rings (SSSR count). The van der Waals surface area contributed by atoms with Gasteiger partial charge < -0.3 is 5.32 Å². The molecule has 0 bridgehead atoms. The highest BCUT2D eigenvalue weighted by Gasteiger charge is 2.33. The summed E-state index contributed by atoms with van der Waals surface area (Å²) < 4.78 is 0. The highest BCUT2D eigenvalue weighted by atomic mass is 14.9. The van der Waals surface area contributed by atoms with Crippen LogP contribution < -0.4 is 5.32 Å². The van der Waals surface area contributed by atoms with Crippen LogP contribution in [0.1, 0.15) is 91.4 Å². The van der Waals surface area contributed by atoms with Gasteiger partial charge in [0.25, 0.3) is 0 Å². The Hall–Kier alpha value is -0.0400. The maximum Gasteiger partial charge on any atom is 0.0124 e. The van der Waals surface area contributed by atoms with Crippen molar-refractivity contribution in [2.45, 2.75) is 97.4 Å². The van der Waals surface area contributed by atoms with Gasteiger partial charge in [0.15, 0.2) is 0 Å². The molecule has 2 aliphatic carbocycles. The molecule has 0 amide bonds. The van der Waals surface area contributed by atoms with Crippen LogP contribution in [0.2, 0.25) is 0 Å². The van der Waals surface area contributed by atoms with Crippen molar-refractivity contribution in [3.05, 3.63) is 0 Å². The van der Waals surface area contributed by atoms with E-state index in [-0.39, 0.29) is 0 Å². The first-order valence-corrected chi connectivity index (χ1v) is 9.94. The zero-order valence-electron chi connectivity index (χ0n) is 14.9.